The predicted octanol–water partition coefficient (Wildman–Crippen LogP) is 3.40. The summed E-state index contributed by atoms with van der Waals surface area (Å²) in [6, 6.07) is 10.1. The minimum Gasteiger partial charge on any atom is -0.494 e. The van der Waals surface area contributed by atoms with Crippen molar-refractivity contribution in [1.29, 1.82) is 0 Å². The van der Waals surface area contributed by atoms with Crippen LogP contribution in [0.4, 0.5) is 5.69 Å². The Labute approximate surface area is 108 Å². The highest BCUT2D eigenvalue weighted by Gasteiger charge is 2.00. The molecule has 1 aromatic carbocycles. The summed E-state index contributed by atoms with van der Waals surface area (Å²) in [6.45, 7) is 5.57. The fourth-order valence-corrected chi connectivity index (χ4v) is 1.79. The first kappa shape index (κ1) is 12.4. The van der Waals surface area contributed by atoms with Crippen molar-refractivity contribution in [2.75, 3.05) is 11.9 Å². The average molecular weight is 242 g/mol. The van der Waals surface area contributed by atoms with Crippen LogP contribution in [-0.4, -0.2) is 11.6 Å². The molecule has 0 saturated carbocycles. The molecule has 0 bridgehead atoms. The lowest BCUT2D eigenvalue weighted by molar-refractivity contribution is 0.340. The van der Waals surface area contributed by atoms with Crippen LogP contribution in [-0.2, 0) is 6.54 Å². The number of hydrogen-bond acceptors (Lipinski definition) is 3. The van der Waals surface area contributed by atoms with Crippen molar-refractivity contribution < 1.29 is 4.74 Å². The lowest BCUT2D eigenvalue weighted by atomic mass is 10.2. The molecule has 0 amide bonds. The summed E-state index contributed by atoms with van der Waals surface area (Å²) in [6.07, 6.45) is 3.62. The quantitative estimate of drug-likeness (QED) is 0.872. The van der Waals surface area contributed by atoms with Gasteiger partial charge < -0.3 is 10.1 Å². The van der Waals surface area contributed by atoms with Crippen LogP contribution < -0.4 is 10.1 Å². The van der Waals surface area contributed by atoms with E-state index in [1.165, 1.54) is 11.1 Å². The Balaban J connectivity index is 2.01. The molecule has 1 aromatic heterocycles. The number of benzene rings is 1. The van der Waals surface area contributed by atoms with E-state index in [0.29, 0.717) is 6.61 Å². The molecule has 0 aliphatic rings. The maximum absolute atomic E-state index is 5.47. The summed E-state index contributed by atoms with van der Waals surface area (Å²) in [7, 11) is 0. The zero-order valence-corrected chi connectivity index (χ0v) is 10.8. The molecule has 0 fully saturated rings. The zero-order chi connectivity index (χ0) is 12.8. The Morgan fingerprint density at radius 2 is 1.94 bits per heavy atom. The van der Waals surface area contributed by atoms with Gasteiger partial charge in [0.05, 0.1) is 6.61 Å². The van der Waals surface area contributed by atoms with E-state index in [-0.39, 0.29) is 0 Å². The van der Waals surface area contributed by atoms with Crippen molar-refractivity contribution in [3.8, 4) is 5.75 Å². The first-order valence-corrected chi connectivity index (χ1v) is 6.16. The Hall–Kier alpha value is -2.03. The smallest absolute Gasteiger partial charge is 0.119 e. The van der Waals surface area contributed by atoms with E-state index in [1.54, 1.807) is 0 Å². The molecule has 0 spiro atoms. The van der Waals surface area contributed by atoms with Crippen LogP contribution in [0.1, 0.15) is 18.1 Å². The number of rotatable bonds is 5. The normalized spacial score (nSPS) is 10.1. The van der Waals surface area contributed by atoms with Gasteiger partial charge in [0, 0.05) is 24.6 Å². The number of ether oxygens (including phenoxy) is 1. The molecular weight excluding hydrogens is 224 g/mol. The van der Waals surface area contributed by atoms with Gasteiger partial charge in [-0.15, -0.1) is 0 Å². The van der Waals surface area contributed by atoms with E-state index >= 15 is 0 Å². The summed E-state index contributed by atoms with van der Waals surface area (Å²) in [5.74, 6) is 0.921. The predicted molar refractivity (Wildman–Crippen MR) is 73.9 cm³/mol. The average Bonchev–Trinajstić information content (AvgIpc) is 2.39. The number of hydrogen-bond donors (Lipinski definition) is 1. The number of pyridine rings is 1. The Morgan fingerprint density at radius 3 is 2.61 bits per heavy atom. The number of nitrogens with zero attached hydrogens (tertiary/aromatic N) is 1. The summed E-state index contributed by atoms with van der Waals surface area (Å²) >= 11 is 0. The summed E-state index contributed by atoms with van der Waals surface area (Å²) in [4.78, 5) is 4.01. The van der Waals surface area contributed by atoms with Crippen molar-refractivity contribution in [2.45, 2.75) is 20.4 Å². The highest BCUT2D eigenvalue weighted by molar-refractivity contribution is 5.53. The van der Waals surface area contributed by atoms with Gasteiger partial charge in [-0.05, 0) is 55.3 Å². The SMILES string of the molecule is CCOc1ccc(NCc2ccncc2)c(C)c1. The van der Waals surface area contributed by atoms with E-state index in [1.807, 2.05) is 37.5 Å². The maximum atomic E-state index is 5.47. The van der Waals surface area contributed by atoms with Crippen LogP contribution in [0.25, 0.3) is 0 Å². The van der Waals surface area contributed by atoms with Gasteiger partial charge in [-0.2, -0.15) is 0 Å². The first-order valence-electron chi connectivity index (χ1n) is 6.16. The molecule has 18 heavy (non-hydrogen) atoms. The molecule has 2 rings (SSSR count). The second-order valence-corrected chi connectivity index (χ2v) is 4.12. The minimum absolute atomic E-state index is 0.698. The van der Waals surface area contributed by atoms with Crippen molar-refractivity contribution in [3.63, 3.8) is 0 Å². The highest BCUT2D eigenvalue weighted by Crippen LogP contribution is 2.21. The van der Waals surface area contributed by atoms with Gasteiger partial charge in [-0.1, -0.05) is 0 Å². The Morgan fingerprint density at radius 1 is 1.17 bits per heavy atom. The third-order valence-corrected chi connectivity index (χ3v) is 2.74. The molecule has 0 unspecified atom stereocenters. The summed E-state index contributed by atoms with van der Waals surface area (Å²) in [5.41, 5.74) is 3.54. The van der Waals surface area contributed by atoms with Gasteiger partial charge >= 0.3 is 0 Å². The fraction of sp³-hybridized carbons (Fsp3) is 0.267. The van der Waals surface area contributed by atoms with E-state index in [2.05, 4.69) is 29.4 Å². The van der Waals surface area contributed by atoms with Gasteiger partial charge in [0.1, 0.15) is 5.75 Å². The van der Waals surface area contributed by atoms with E-state index in [4.69, 9.17) is 4.74 Å². The van der Waals surface area contributed by atoms with Crippen molar-refractivity contribution in [1.82, 2.24) is 4.98 Å². The monoisotopic (exact) mass is 242 g/mol. The number of nitrogens with one attached hydrogen (secondary N) is 1. The molecule has 0 aliphatic carbocycles. The first-order chi connectivity index (χ1) is 8.79. The van der Waals surface area contributed by atoms with Gasteiger partial charge in [0.2, 0.25) is 0 Å². The van der Waals surface area contributed by atoms with Gasteiger partial charge in [-0.3, -0.25) is 4.98 Å². The Kier molecular flexibility index (Phi) is 4.18. The third-order valence-electron chi connectivity index (χ3n) is 2.74. The molecule has 2 aromatic rings. The van der Waals surface area contributed by atoms with Gasteiger partial charge in [0.25, 0.3) is 0 Å². The molecule has 0 atom stereocenters. The lowest BCUT2D eigenvalue weighted by Crippen LogP contribution is -2.01. The second kappa shape index (κ2) is 6.05. The van der Waals surface area contributed by atoms with Crippen LogP contribution in [0.5, 0.6) is 5.75 Å². The number of anilines is 1. The van der Waals surface area contributed by atoms with Crippen LogP contribution in [0.3, 0.4) is 0 Å². The number of aryl methyl sites for hydroxylation is 1. The highest BCUT2D eigenvalue weighted by atomic mass is 16.5. The van der Waals surface area contributed by atoms with E-state index in [0.717, 1.165) is 18.0 Å². The Bertz CT molecular complexity index is 497. The topological polar surface area (TPSA) is 34.1 Å². The van der Waals surface area contributed by atoms with Crippen molar-refractivity contribution in [2.24, 2.45) is 0 Å². The standard InChI is InChI=1S/C15H18N2O/c1-3-18-14-4-5-15(12(2)10-14)17-11-13-6-8-16-9-7-13/h4-10,17H,3,11H2,1-2H3. The molecule has 94 valence electrons. The maximum Gasteiger partial charge on any atom is 0.119 e. The van der Waals surface area contributed by atoms with Crippen LogP contribution in [0.15, 0.2) is 42.7 Å². The van der Waals surface area contributed by atoms with E-state index in [9.17, 15) is 0 Å². The van der Waals surface area contributed by atoms with Crippen LogP contribution in [0.2, 0.25) is 0 Å². The van der Waals surface area contributed by atoms with Gasteiger partial charge in [-0.25, -0.2) is 0 Å². The van der Waals surface area contributed by atoms with Crippen molar-refractivity contribution >= 4 is 5.69 Å². The van der Waals surface area contributed by atoms with Crippen LogP contribution >= 0.6 is 0 Å². The zero-order valence-electron chi connectivity index (χ0n) is 10.8. The molecule has 1 N–H and O–H groups in total. The van der Waals surface area contributed by atoms with Gasteiger partial charge in [0.15, 0.2) is 0 Å². The van der Waals surface area contributed by atoms with Crippen LogP contribution in [0, 0.1) is 6.92 Å². The fourth-order valence-electron chi connectivity index (χ4n) is 1.79. The number of aromatic nitrogens is 1. The van der Waals surface area contributed by atoms with Crippen molar-refractivity contribution in [3.05, 3.63) is 53.9 Å². The molecule has 0 saturated heterocycles. The lowest BCUT2D eigenvalue weighted by Gasteiger charge is -2.11. The minimum atomic E-state index is 0.698. The molecule has 0 aliphatic heterocycles. The molecule has 0 radical (unpaired) electrons. The summed E-state index contributed by atoms with van der Waals surface area (Å²) < 4.78 is 5.47. The summed E-state index contributed by atoms with van der Waals surface area (Å²) in [5, 5.41) is 3.42. The molecule has 3 nitrogen and oxygen atoms in total. The molecular formula is C15H18N2O. The van der Waals surface area contributed by atoms with E-state index < -0.39 is 0 Å². The largest absolute Gasteiger partial charge is 0.494 e. The second-order valence-electron chi connectivity index (χ2n) is 4.12. The third kappa shape index (κ3) is 3.23. The molecule has 1 heterocycles. The molecule has 3 heteroatoms.